The van der Waals surface area contributed by atoms with Crippen LogP contribution in [-0.2, 0) is 0 Å². The number of hydrogen-bond donors (Lipinski definition) is 2. The molecule has 1 aromatic rings. The van der Waals surface area contributed by atoms with Gasteiger partial charge in [0.25, 0.3) is 0 Å². The quantitative estimate of drug-likeness (QED) is 0.867. The molecule has 2 unspecified atom stereocenters. The molecule has 106 valence electrons. The first-order chi connectivity index (χ1) is 9.13. The average Bonchev–Trinajstić information content (AvgIpc) is 2.39. The molecule has 19 heavy (non-hydrogen) atoms. The molecule has 0 spiro atoms. The van der Waals surface area contributed by atoms with E-state index in [0.29, 0.717) is 6.04 Å². The molecule has 4 heteroatoms. The number of nitrogens with one attached hydrogen (secondary N) is 1. The monoisotopic (exact) mass is 264 g/mol. The molecule has 0 bridgehead atoms. The molecule has 1 aliphatic rings. The molecule has 0 aromatic heterocycles. The summed E-state index contributed by atoms with van der Waals surface area (Å²) in [7, 11) is 0. The van der Waals surface area contributed by atoms with E-state index in [9.17, 15) is 5.11 Å². The fourth-order valence-electron chi connectivity index (χ4n) is 2.63. The fourth-order valence-corrected chi connectivity index (χ4v) is 2.63. The van der Waals surface area contributed by atoms with Crippen molar-refractivity contribution in [2.45, 2.75) is 39.0 Å². The van der Waals surface area contributed by atoms with Gasteiger partial charge in [-0.3, -0.25) is 0 Å². The van der Waals surface area contributed by atoms with Gasteiger partial charge in [-0.15, -0.1) is 0 Å². The summed E-state index contributed by atoms with van der Waals surface area (Å²) in [5.74, 6) is 0.893. The van der Waals surface area contributed by atoms with Crippen LogP contribution < -0.4 is 15.0 Å². The van der Waals surface area contributed by atoms with E-state index in [1.165, 1.54) is 0 Å². The third kappa shape index (κ3) is 3.19. The zero-order valence-electron chi connectivity index (χ0n) is 12.0. The first-order valence-corrected chi connectivity index (χ1v) is 6.99. The number of benzene rings is 1. The van der Waals surface area contributed by atoms with Crippen molar-refractivity contribution >= 4 is 5.69 Å². The number of piperazine rings is 1. The maximum atomic E-state index is 9.59. The lowest BCUT2D eigenvalue weighted by Gasteiger charge is -2.42. The lowest BCUT2D eigenvalue weighted by molar-refractivity contribution is 0.226. The Bertz CT molecular complexity index is 409. The van der Waals surface area contributed by atoms with Crippen molar-refractivity contribution in [3.63, 3.8) is 0 Å². The first-order valence-electron chi connectivity index (χ1n) is 6.99. The zero-order chi connectivity index (χ0) is 13.8. The van der Waals surface area contributed by atoms with E-state index < -0.39 is 0 Å². The molecule has 4 nitrogen and oxygen atoms in total. The molecule has 1 aliphatic heterocycles. The number of anilines is 1. The topological polar surface area (TPSA) is 44.7 Å². The van der Waals surface area contributed by atoms with Crippen LogP contribution in [0.15, 0.2) is 24.3 Å². The molecule has 0 radical (unpaired) electrons. The zero-order valence-corrected chi connectivity index (χ0v) is 12.0. The average molecular weight is 264 g/mol. The summed E-state index contributed by atoms with van der Waals surface area (Å²) < 4.78 is 5.90. The standard InChI is InChI=1S/C15H24N2O2/c1-11(2)19-15-7-5-4-6-14(15)17-12(3)8-16-9-13(17)10-18/h4-7,11-13,16,18H,8-10H2,1-3H3. The van der Waals surface area contributed by atoms with Crippen molar-refractivity contribution in [3.05, 3.63) is 24.3 Å². The maximum Gasteiger partial charge on any atom is 0.142 e. The Labute approximate surface area is 115 Å². The van der Waals surface area contributed by atoms with Gasteiger partial charge in [-0.25, -0.2) is 0 Å². The fraction of sp³-hybridized carbons (Fsp3) is 0.600. The lowest BCUT2D eigenvalue weighted by Crippen LogP contribution is -2.58. The van der Waals surface area contributed by atoms with Gasteiger partial charge in [0, 0.05) is 19.1 Å². The number of ether oxygens (including phenoxy) is 1. The van der Waals surface area contributed by atoms with Gasteiger partial charge in [0.05, 0.1) is 24.4 Å². The van der Waals surface area contributed by atoms with E-state index in [4.69, 9.17) is 4.74 Å². The molecule has 2 atom stereocenters. The summed E-state index contributed by atoms with van der Waals surface area (Å²) in [5.41, 5.74) is 1.07. The van der Waals surface area contributed by atoms with Crippen LogP contribution in [0, 0.1) is 0 Å². The summed E-state index contributed by atoms with van der Waals surface area (Å²) in [5, 5.41) is 12.9. The molecule has 2 N–H and O–H groups in total. The summed E-state index contributed by atoms with van der Waals surface area (Å²) >= 11 is 0. The smallest absolute Gasteiger partial charge is 0.142 e. The Kier molecular flexibility index (Phi) is 4.66. The number of para-hydroxylation sites is 2. The molecular formula is C15H24N2O2. The van der Waals surface area contributed by atoms with Crippen LogP contribution in [0.1, 0.15) is 20.8 Å². The van der Waals surface area contributed by atoms with E-state index >= 15 is 0 Å². The van der Waals surface area contributed by atoms with Gasteiger partial charge < -0.3 is 20.1 Å². The van der Waals surface area contributed by atoms with Crippen molar-refractivity contribution < 1.29 is 9.84 Å². The lowest BCUT2D eigenvalue weighted by atomic mass is 10.1. The first kappa shape index (κ1) is 14.2. The van der Waals surface area contributed by atoms with Crippen LogP contribution in [0.2, 0.25) is 0 Å². The largest absolute Gasteiger partial charge is 0.489 e. The predicted octanol–water partition coefficient (Wildman–Crippen LogP) is 1.63. The maximum absolute atomic E-state index is 9.59. The second-order valence-corrected chi connectivity index (χ2v) is 5.39. The van der Waals surface area contributed by atoms with Gasteiger partial charge in [-0.1, -0.05) is 12.1 Å². The normalized spacial score (nSPS) is 23.7. The van der Waals surface area contributed by atoms with E-state index in [2.05, 4.69) is 23.2 Å². The summed E-state index contributed by atoms with van der Waals surface area (Å²) in [6.45, 7) is 8.10. The Hall–Kier alpha value is -1.26. The van der Waals surface area contributed by atoms with Crippen LogP contribution in [0.3, 0.4) is 0 Å². The van der Waals surface area contributed by atoms with Crippen LogP contribution >= 0.6 is 0 Å². The second kappa shape index (κ2) is 6.26. The molecule has 1 heterocycles. The third-order valence-corrected chi connectivity index (χ3v) is 3.40. The minimum Gasteiger partial charge on any atom is -0.489 e. The van der Waals surface area contributed by atoms with Gasteiger partial charge in [0.15, 0.2) is 0 Å². The second-order valence-electron chi connectivity index (χ2n) is 5.39. The van der Waals surface area contributed by atoms with E-state index in [1.54, 1.807) is 0 Å². The molecule has 0 aliphatic carbocycles. The summed E-state index contributed by atoms with van der Waals surface area (Å²) in [4.78, 5) is 2.27. The molecule has 2 rings (SSSR count). The van der Waals surface area contributed by atoms with Gasteiger partial charge in [-0.2, -0.15) is 0 Å². The highest BCUT2D eigenvalue weighted by molar-refractivity contribution is 5.60. The highest BCUT2D eigenvalue weighted by Crippen LogP contribution is 2.32. The van der Waals surface area contributed by atoms with Crippen molar-refractivity contribution in [2.24, 2.45) is 0 Å². The number of aliphatic hydroxyl groups is 1. The Morgan fingerprint density at radius 1 is 1.37 bits per heavy atom. The Balaban J connectivity index is 2.32. The Morgan fingerprint density at radius 3 is 2.79 bits per heavy atom. The van der Waals surface area contributed by atoms with Crippen molar-refractivity contribution in [2.75, 3.05) is 24.6 Å². The van der Waals surface area contributed by atoms with Crippen molar-refractivity contribution in [1.29, 1.82) is 0 Å². The van der Waals surface area contributed by atoms with Crippen LogP contribution in [0.5, 0.6) is 5.75 Å². The van der Waals surface area contributed by atoms with Gasteiger partial charge in [0.2, 0.25) is 0 Å². The third-order valence-electron chi connectivity index (χ3n) is 3.40. The SMILES string of the molecule is CC(C)Oc1ccccc1N1C(C)CNCC1CO. The van der Waals surface area contributed by atoms with Gasteiger partial charge >= 0.3 is 0 Å². The highest BCUT2D eigenvalue weighted by Gasteiger charge is 2.29. The van der Waals surface area contributed by atoms with Crippen molar-refractivity contribution in [3.8, 4) is 5.75 Å². The predicted molar refractivity (Wildman–Crippen MR) is 77.9 cm³/mol. The molecule has 0 saturated carbocycles. The molecule has 0 amide bonds. The van der Waals surface area contributed by atoms with Gasteiger partial charge in [-0.05, 0) is 32.9 Å². The highest BCUT2D eigenvalue weighted by atomic mass is 16.5. The van der Waals surface area contributed by atoms with E-state index in [-0.39, 0.29) is 18.8 Å². The van der Waals surface area contributed by atoms with Crippen LogP contribution in [0.25, 0.3) is 0 Å². The summed E-state index contributed by atoms with van der Waals surface area (Å²) in [6.07, 6.45) is 0.145. The number of rotatable bonds is 4. The van der Waals surface area contributed by atoms with Crippen LogP contribution in [0.4, 0.5) is 5.69 Å². The number of aliphatic hydroxyl groups excluding tert-OH is 1. The van der Waals surface area contributed by atoms with Gasteiger partial charge in [0.1, 0.15) is 5.75 Å². The number of hydrogen-bond acceptors (Lipinski definition) is 4. The van der Waals surface area contributed by atoms with E-state index in [1.807, 2.05) is 32.0 Å². The minimum atomic E-state index is 0.0978. The minimum absolute atomic E-state index is 0.0978. The molecular weight excluding hydrogens is 240 g/mol. The Morgan fingerprint density at radius 2 is 2.11 bits per heavy atom. The summed E-state index contributed by atoms with van der Waals surface area (Å²) in [6, 6.07) is 8.51. The molecule has 1 fully saturated rings. The number of nitrogens with zero attached hydrogens (tertiary/aromatic N) is 1. The van der Waals surface area contributed by atoms with Crippen molar-refractivity contribution in [1.82, 2.24) is 5.32 Å². The molecule has 1 saturated heterocycles. The van der Waals surface area contributed by atoms with Crippen LogP contribution in [-0.4, -0.2) is 43.0 Å². The molecule has 1 aromatic carbocycles. The van der Waals surface area contributed by atoms with E-state index in [0.717, 1.165) is 24.5 Å².